The molecule has 0 aliphatic rings. The smallest absolute Gasteiger partial charge is 0.213 e. The lowest BCUT2D eigenvalue weighted by Gasteiger charge is -1.94. The fraction of sp³-hybridized carbons (Fsp3) is 0.143. The number of Topliss-reactive ketones (excluding diaryl/α,β-unsaturated/α-hetero) is 2. The average Bonchev–Trinajstić information content (AvgIpc) is 2.47. The summed E-state index contributed by atoms with van der Waals surface area (Å²) in [4.78, 5) is 28.2. The van der Waals surface area contributed by atoms with Crippen LogP contribution in [-0.4, -0.2) is 26.9 Å². The number of rotatable bonds is 3. The van der Waals surface area contributed by atoms with Gasteiger partial charge in [0.2, 0.25) is 11.9 Å². The van der Waals surface area contributed by atoms with Crippen LogP contribution in [0.25, 0.3) is 0 Å². The molecule has 2 aromatic heterocycles. The molecular weight excluding hydrogens is 346 g/mol. The predicted octanol–water partition coefficient (Wildman–Crippen LogP) is 3.22. The minimum Gasteiger partial charge on any atom is -0.295 e. The van der Waals surface area contributed by atoms with Gasteiger partial charge in [0.25, 0.3) is 0 Å². The van der Waals surface area contributed by atoms with Crippen LogP contribution in [0.15, 0.2) is 36.7 Å². The van der Waals surface area contributed by atoms with Crippen LogP contribution < -0.4 is 0 Å². The number of hydrogen-bond donors (Lipinski definition) is 0. The van der Waals surface area contributed by atoms with Crippen LogP contribution in [0.5, 0.6) is 0 Å². The number of ketones is 2. The molecule has 0 bridgehead atoms. The molecule has 2 heterocycles. The van der Waals surface area contributed by atoms with E-state index in [0.29, 0.717) is 11.1 Å². The summed E-state index contributed by atoms with van der Waals surface area (Å²) in [6.07, 6.45) is 2.54. The maximum Gasteiger partial charge on any atom is 0.213 e. The highest BCUT2D eigenvalue weighted by Crippen LogP contribution is 2.03. The normalized spacial score (nSPS) is 9.52. The summed E-state index contributed by atoms with van der Waals surface area (Å²) in [5.74, 6) is -1.54. The third-order valence-corrected chi connectivity index (χ3v) is 2.81. The van der Waals surface area contributed by atoms with Gasteiger partial charge in [-0.05, 0) is 19.1 Å². The summed E-state index contributed by atoms with van der Waals surface area (Å²) in [7, 11) is 0. The van der Waals surface area contributed by atoms with Crippen LogP contribution in [0.3, 0.4) is 0 Å². The van der Waals surface area contributed by atoms with Gasteiger partial charge in [0.15, 0.2) is 11.6 Å². The lowest BCUT2D eigenvalue weighted by atomic mass is 10.2. The number of alkyl halides is 1. The minimum absolute atomic E-state index is 0.147. The zero-order valence-electron chi connectivity index (χ0n) is 11.0. The first-order valence-corrected chi connectivity index (χ1v) is 6.89. The molecule has 0 radical (unpaired) electrons. The molecule has 0 saturated heterocycles. The molecule has 0 aliphatic carbocycles. The monoisotopic (exact) mass is 356 g/mol. The fourth-order valence-electron chi connectivity index (χ4n) is 1.27. The first-order valence-electron chi connectivity index (χ1n) is 5.77. The van der Waals surface area contributed by atoms with Crippen LogP contribution in [0.2, 0.25) is 0 Å². The topological polar surface area (TPSA) is 59.9 Å². The first kappa shape index (κ1) is 17.0. The second kappa shape index (κ2) is 8.31. The Morgan fingerprint density at radius 1 is 1.05 bits per heavy atom. The molecule has 0 spiro atoms. The van der Waals surface area contributed by atoms with Crippen molar-refractivity contribution in [3.63, 3.8) is 0 Å². The molecule has 0 atom stereocenters. The van der Waals surface area contributed by atoms with Crippen molar-refractivity contribution in [3.05, 3.63) is 59.7 Å². The minimum atomic E-state index is -0.628. The highest BCUT2D eigenvalue weighted by atomic mass is 79.9. The summed E-state index contributed by atoms with van der Waals surface area (Å²) < 4.78 is 24.6. The quantitative estimate of drug-likeness (QED) is 0.481. The molecule has 0 unspecified atom stereocenters. The van der Waals surface area contributed by atoms with Crippen molar-refractivity contribution < 1.29 is 18.4 Å². The van der Waals surface area contributed by atoms with Gasteiger partial charge < -0.3 is 0 Å². The zero-order valence-corrected chi connectivity index (χ0v) is 12.6. The second-order valence-electron chi connectivity index (χ2n) is 3.85. The maximum atomic E-state index is 12.4. The van der Waals surface area contributed by atoms with Crippen molar-refractivity contribution in [1.82, 2.24) is 9.97 Å². The van der Waals surface area contributed by atoms with Crippen molar-refractivity contribution in [2.75, 3.05) is 5.33 Å². The lowest BCUT2D eigenvalue weighted by Crippen LogP contribution is -2.00. The number of carbonyl (C=O) groups excluding carboxylic acids is 2. The number of aromatic nitrogens is 2. The van der Waals surface area contributed by atoms with E-state index in [4.69, 9.17) is 0 Å². The Morgan fingerprint density at radius 2 is 1.52 bits per heavy atom. The van der Waals surface area contributed by atoms with Gasteiger partial charge in [0.1, 0.15) is 0 Å². The van der Waals surface area contributed by atoms with E-state index in [0.717, 1.165) is 12.1 Å². The Bertz CT molecular complexity index is 650. The van der Waals surface area contributed by atoms with E-state index in [1.165, 1.54) is 31.5 Å². The molecule has 0 amide bonds. The van der Waals surface area contributed by atoms with Gasteiger partial charge in [-0.2, -0.15) is 8.78 Å². The zero-order chi connectivity index (χ0) is 15.8. The van der Waals surface area contributed by atoms with Crippen molar-refractivity contribution in [1.29, 1.82) is 0 Å². The number of pyridine rings is 2. The molecule has 2 aromatic rings. The standard InChI is InChI=1S/C7H5BrFNO.C7H6FNO/c8-4-6(11)5-1-2-10-7(9)3-5;1-5(10)6-2-3-9-7(8)4-6/h1-3H,4H2;2-4H,1H3. The number of nitrogens with zero attached hydrogens (tertiary/aromatic N) is 2. The van der Waals surface area contributed by atoms with E-state index in [-0.39, 0.29) is 16.9 Å². The number of hydrogen-bond acceptors (Lipinski definition) is 4. The summed E-state index contributed by atoms with van der Waals surface area (Å²) >= 11 is 2.98. The summed E-state index contributed by atoms with van der Waals surface area (Å²) in [6, 6.07) is 5.18. The average molecular weight is 357 g/mol. The maximum absolute atomic E-state index is 12.4. The SMILES string of the molecule is CC(=O)c1ccnc(F)c1.O=C(CBr)c1ccnc(F)c1. The summed E-state index contributed by atoms with van der Waals surface area (Å²) in [5, 5.41) is 0.205. The van der Waals surface area contributed by atoms with E-state index in [9.17, 15) is 18.4 Å². The van der Waals surface area contributed by atoms with Crippen molar-refractivity contribution in [2.24, 2.45) is 0 Å². The Hall–Kier alpha value is -2.02. The Balaban J connectivity index is 0.000000211. The van der Waals surface area contributed by atoms with Crippen molar-refractivity contribution in [2.45, 2.75) is 6.92 Å². The molecule has 2 rings (SSSR count). The molecule has 0 fully saturated rings. The third-order valence-electron chi connectivity index (χ3n) is 2.30. The van der Waals surface area contributed by atoms with Crippen molar-refractivity contribution >= 4 is 27.5 Å². The van der Waals surface area contributed by atoms with E-state index in [1.54, 1.807) is 0 Å². The predicted molar refractivity (Wildman–Crippen MR) is 76.5 cm³/mol. The highest BCUT2D eigenvalue weighted by Gasteiger charge is 2.03. The summed E-state index contributed by atoms with van der Waals surface area (Å²) in [6.45, 7) is 1.38. The molecule has 0 N–H and O–H groups in total. The van der Waals surface area contributed by atoms with E-state index < -0.39 is 11.9 Å². The van der Waals surface area contributed by atoms with Crippen molar-refractivity contribution in [3.8, 4) is 0 Å². The van der Waals surface area contributed by atoms with E-state index in [1.807, 2.05) is 0 Å². The van der Waals surface area contributed by atoms with Gasteiger partial charge in [-0.25, -0.2) is 9.97 Å². The van der Waals surface area contributed by atoms with E-state index in [2.05, 4.69) is 25.9 Å². The molecule has 0 aromatic carbocycles. The fourth-order valence-corrected chi connectivity index (χ4v) is 1.60. The van der Waals surface area contributed by atoms with Crippen LogP contribution in [0.4, 0.5) is 8.78 Å². The number of carbonyl (C=O) groups is 2. The van der Waals surface area contributed by atoms with Crippen LogP contribution >= 0.6 is 15.9 Å². The largest absolute Gasteiger partial charge is 0.295 e. The van der Waals surface area contributed by atoms with Gasteiger partial charge in [0.05, 0.1) is 5.33 Å². The van der Waals surface area contributed by atoms with Crippen LogP contribution in [-0.2, 0) is 0 Å². The van der Waals surface area contributed by atoms with Crippen LogP contribution in [0.1, 0.15) is 27.6 Å². The van der Waals surface area contributed by atoms with Gasteiger partial charge in [-0.3, -0.25) is 9.59 Å². The molecule has 110 valence electrons. The highest BCUT2D eigenvalue weighted by molar-refractivity contribution is 9.09. The van der Waals surface area contributed by atoms with Crippen LogP contribution in [0, 0.1) is 11.9 Å². The Labute approximate surface area is 128 Å². The number of halogens is 3. The molecule has 0 aliphatic heterocycles. The first-order chi connectivity index (χ1) is 9.93. The van der Waals surface area contributed by atoms with Gasteiger partial charge in [-0.15, -0.1) is 0 Å². The van der Waals surface area contributed by atoms with E-state index >= 15 is 0 Å². The van der Waals surface area contributed by atoms with Gasteiger partial charge in [0, 0.05) is 35.7 Å². The Morgan fingerprint density at radius 3 is 1.90 bits per heavy atom. The van der Waals surface area contributed by atoms with Gasteiger partial charge >= 0.3 is 0 Å². The second-order valence-corrected chi connectivity index (χ2v) is 4.41. The molecular formula is C14H11BrF2N2O2. The summed E-state index contributed by atoms with van der Waals surface area (Å²) in [5.41, 5.74) is 0.696. The lowest BCUT2D eigenvalue weighted by molar-refractivity contribution is 0.101. The molecule has 7 heteroatoms. The Kier molecular flexibility index (Phi) is 6.74. The molecule has 0 saturated carbocycles. The third kappa shape index (κ3) is 5.86. The molecule has 4 nitrogen and oxygen atoms in total. The van der Waals surface area contributed by atoms with Gasteiger partial charge in [-0.1, -0.05) is 15.9 Å². The molecule has 21 heavy (non-hydrogen) atoms.